The van der Waals surface area contributed by atoms with Crippen molar-refractivity contribution in [2.24, 2.45) is 0 Å². The molecule has 2 N–H and O–H groups in total. The molecule has 24 heavy (non-hydrogen) atoms. The lowest BCUT2D eigenvalue weighted by atomic mass is 10.2. The van der Waals surface area contributed by atoms with Gasteiger partial charge in [-0.25, -0.2) is 4.79 Å². The monoisotopic (exact) mass is 323 g/mol. The molecular weight excluding hydrogens is 302 g/mol. The predicted molar refractivity (Wildman–Crippen MR) is 95.3 cm³/mol. The molecule has 0 aromatic heterocycles. The quantitative estimate of drug-likeness (QED) is 0.912. The number of anilines is 2. The minimum absolute atomic E-state index is 0.0978. The maximum absolute atomic E-state index is 12.6. The van der Waals surface area contributed by atoms with E-state index in [1.165, 1.54) is 5.56 Å². The van der Waals surface area contributed by atoms with Gasteiger partial charge in [0.1, 0.15) is 6.04 Å². The first kappa shape index (κ1) is 16.1. The highest BCUT2D eigenvalue weighted by Crippen LogP contribution is 2.27. The molecule has 124 valence electrons. The SMILES string of the molecule is Cc1cccc(NC(=O)N[C@@H](C)C(=O)N2CCc3ccccc32)c1. The molecule has 0 saturated carbocycles. The average Bonchev–Trinajstić information content (AvgIpc) is 2.98. The summed E-state index contributed by atoms with van der Waals surface area (Å²) in [6.45, 7) is 4.32. The van der Waals surface area contributed by atoms with Gasteiger partial charge in [-0.3, -0.25) is 4.79 Å². The van der Waals surface area contributed by atoms with Crippen molar-refractivity contribution in [3.05, 3.63) is 59.7 Å². The van der Waals surface area contributed by atoms with Crippen LogP contribution in [0.5, 0.6) is 0 Å². The van der Waals surface area contributed by atoms with Gasteiger partial charge in [0, 0.05) is 17.9 Å². The highest BCUT2D eigenvalue weighted by molar-refractivity contribution is 6.01. The Labute approximate surface area is 141 Å². The number of fused-ring (bicyclic) bond motifs is 1. The van der Waals surface area contributed by atoms with E-state index in [-0.39, 0.29) is 11.9 Å². The van der Waals surface area contributed by atoms with Crippen molar-refractivity contribution in [3.8, 4) is 0 Å². The zero-order valence-corrected chi connectivity index (χ0v) is 13.9. The minimum Gasteiger partial charge on any atom is -0.326 e. The van der Waals surface area contributed by atoms with E-state index in [0.717, 1.165) is 17.7 Å². The number of hydrogen-bond donors (Lipinski definition) is 2. The Bertz CT molecular complexity index is 773. The average molecular weight is 323 g/mol. The van der Waals surface area contributed by atoms with E-state index in [9.17, 15) is 9.59 Å². The van der Waals surface area contributed by atoms with Crippen LogP contribution < -0.4 is 15.5 Å². The minimum atomic E-state index is -0.596. The number of para-hydroxylation sites is 1. The van der Waals surface area contributed by atoms with E-state index < -0.39 is 6.04 Å². The molecule has 5 heteroatoms. The highest BCUT2D eigenvalue weighted by Gasteiger charge is 2.28. The number of rotatable bonds is 3. The van der Waals surface area contributed by atoms with Gasteiger partial charge >= 0.3 is 6.03 Å². The smallest absolute Gasteiger partial charge is 0.319 e. The van der Waals surface area contributed by atoms with E-state index in [1.807, 2.05) is 55.5 Å². The number of urea groups is 1. The lowest BCUT2D eigenvalue weighted by molar-refractivity contribution is -0.119. The van der Waals surface area contributed by atoms with E-state index in [2.05, 4.69) is 10.6 Å². The molecule has 1 aliphatic rings. The van der Waals surface area contributed by atoms with Crippen molar-refractivity contribution in [2.45, 2.75) is 26.3 Å². The Morgan fingerprint density at radius 2 is 1.92 bits per heavy atom. The summed E-state index contributed by atoms with van der Waals surface area (Å²) in [5.74, 6) is -0.0978. The van der Waals surface area contributed by atoms with E-state index in [4.69, 9.17) is 0 Å². The molecule has 0 aliphatic carbocycles. The molecule has 0 saturated heterocycles. The molecule has 0 radical (unpaired) electrons. The fourth-order valence-electron chi connectivity index (χ4n) is 2.95. The number of carbonyl (C=O) groups excluding carboxylic acids is 2. The van der Waals surface area contributed by atoms with Crippen LogP contribution in [0.25, 0.3) is 0 Å². The number of hydrogen-bond acceptors (Lipinski definition) is 2. The van der Waals surface area contributed by atoms with Crippen LogP contribution in [0.2, 0.25) is 0 Å². The molecule has 0 spiro atoms. The van der Waals surface area contributed by atoms with Gasteiger partial charge in [0.25, 0.3) is 0 Å². The maximum atomic E-state index is 12.6. The molecule has 0 bridgehead atoms. The Kier molecular flexibility index (Phi) is 4.51. The number of aryl methyl sites for hydroxylation is 1. The lowest BCUT2D eigenvalue weighted by Crippen LogP contribution is -2.47. The van der Waals surface area contributed by atoms with Crippen molar-refractivity contribution in [3.63, 3.8) is 0 Å². The van der Waals surface area contributed by atoms with Gasteiger partial charge in [-0.2, -0.15) is 0 Å². The molecule has 1 atom stereocenters. The van der Waals surface area contributed by atoms with Crippen LogP contribution >= 0.6 is 0 Å². The first-order valence-corrected chi connectivity index (χ1v) is 8.08. The van der Waals surface area contributed by atoms with E-state index >= 15 is 0 Å². The largest absolute Gasteiger partial charge is 0.326 e. The second kappa shape index (κ2) is 6.74. The summed E-state index contributed by atoms with van der Waals surface area (Å²) < 4.78 is 0. The van der Waals surface area contributed by atoms with Gasteiger partial charge in [-0.1, -0.05) is 30.3 Å². The number of amides is 3. The Morgan fingerprint density at radius 3 is 2.71 bits per heavy atom. The molecule has 0 fully saturated rings. The van der Waals surface area contributed by atoms with Crippen LogP contribution in [-0.4, -0.2) is 24.5 Å². The number of nitrogens with zero attached hydrogens (tertiary/aromatic N) is 1. The predicted octanol–water partition coefficient (Wildman–Crippen LogP) is 3.09. The molecule has 3 rings (SSSR count). The third-order valence-electron chi connectivity index (χ3n) is 4.15. The zero-order chi connectivity index (χ0) is 17.1. The third kappa shape index (κ3) is 3.40. The second-order valence-electron chi connectivity index (χ2n) is 6.06. The van der Waals surface area contributed by atoms with Gasteiger partial charge in [-0.05, 0) is 49.6 Å². The summed E-state index contributed by atoms with van der Waals surface area (Å²) in [6, 6.07) is 14.4. The fraction of sp³-hybridized carbons (Fsp3) is 0.263. The van der Waals surface area contributed by atoms with Gasteiger partial charge in [0.15, 0.2) is 0 Å². The van der Waals surface area contributed by atoms with Crippen LogP contribution in [0, 0.1) is 6.92 Å². The van der Waals surface area contributed by atoms with Crippen molar-refractivity contribution in [1.82, 2.24) is 5.32 Å². The van der Waals surface area contributed by atoms with Crippen molar-refractivity contribution in [2.75, 3.05) is 16.8 Å². The van der Waals surface area contributed by atoms with Gasteiger partial charge in [0.2, 0.25) is 5.91 Å². The van der Waals surface area contributed by atoms with Crippen molar-refractivity contribution in [1.29, 1.82) is 0 Å². The second-order valence-corrected chi connectivity index (χ2v) is 6.06. The van der Waals surface area contributed by atoms with Crippen molar-refractivity contribution >= 4 is 23.3 Å². The standard InChI is InChI=1S/C19H21N3O2/c1-13-6-5-8-16(12-13)21-19(24)20-14(2)18(23)22-11-10-15-7-3-4-9-17(15)22/h3-9,12,14H,10-11H2,1-2H3,(H2,20,21,24)/t14-/m0/s1. The number of benzene rings is 2. The van der Waals surface area contributed by atoms with Crippen LogP contribution in [0.1, 0.15) is 18.1 Å². The summed E-state index contributed by atoms with van der Waals surface area (Å²) in [7, 11) is 0. The van der Waals surface area contributed by atoms with Crippen LogP contribution in [0.3, 0.4) is 0 Å². The molecule has 1 aliphatic heterocycles. The molecule has 5 nitrogen and oxygen atoms in total. The molecule has 0 unspecified atom stereocenters. The lowest BCUT2D eigenvalue weighted by Gasteiger charge is -2.22. The van der Waals surface area contributed by atoms with Crippen molar-refractivity contribution < 1.29 is 9.59 Å². The fourth-order valence-corrected chi connectivity index (χ4v) is 2.95. The summed E-state index contributed by atoms with van der Waals surface area (Å²) >= 11 is 0. The van der Waals surface area contributed by atoms with E-state index in [0.29, 0.717) is 12.2 Å². The van der Waals surface area contributed by atoms with E-state index in [1.54, 1.807) is 11.8 Å². The molecule has 2 aromatic rings. The number of nitrogens with one attached hydrogen (secondary N) is 2. The summed E-state index contributed by atoms with van der Waals surface area (Å²) in [5.41, 5.74) is 3.88. The Hall–Kier alpha value is -2.82. The molecule has 2 aromatic carbocycles. The topological polar surface area (TPSA) is 61.4 Å². The summed E-state index contributed by atoms with van der Waals surface area (Å²) in [6.07, 6.45) is 0.851. The molecular formula is C19H21N3O2. The number of carbonyl (C=O) groups is 2. The van der Waals surface area contributed by atoms with Gasteiger partial charge in [-0.15, -0.1) is 0 Å². The normalized spacial score (nSPS) is 14.0. The molecule has 3 amide bonds. The first-order valence-electron chi connectivity index (χ1n) is 8.08. The third-order valence-corrected chi connectivity index (χ3v) is 4.15. The Balaban J connectivity index is 1.61. The first-order chi connectivity index (χ1) is 11.5. The zero-order valence-electron chi connectivity index (χ0n) is 13.9. The summed E-state index contributed by atoms with van der Waals surface area (Å²) in [4.78, 5) is 26.5. The van der Waals surface area contributed by atoms with Gasteiger partial charge < -0.3 is 15.5 Å². The van der Waals surface area contributed by atoms with Gasteiger partial charge in [0.05, 0.1) is 0 Å². The maximum Gasteiger partial charge on any atom is 0.319 e. The van der Waals surface area contributed by atoms with Crippen LogP contribution in [0.4, 0.5) is 16.2 Å². The Morgan fingerprint density at radius 1 is 1.12 bits per heavy atom. The van der Waals surface area contributed by atoms with Crippen LogP contribution in [-0.2, 0) is 11.2 Å². The summed E-state index contributed by atoms with van der Waals surface area (Å²) in [5, 5.41) is 5.47. The molecule has 1 heterocycles. The van der Waals surface area contributed by atoms with Crippen LogP contribution in [0.15, 0.2) is 48.5 Å². The highest BCUT2D eigenvalue weighted by atomic mass is 16.2.